The zero-order valence-electron chi connectivity index (χ0n) is 9.74. The number of carbonyl (C=O) groups excluding carboxylic acids is 2. The average molecular weight is 249 g/mol. The lowest BCUT2D eigenvalue weighted by Gasteiger charge is -2.13. The summed E-state index contributed by atoms with van der Waals surface area (Å²) in [6.07, 6.45) is 0. The Kier molecular flexibility index (Phi) is 4.81. The van der Waals surface area contributed by atoms with Crippen molar-refractivity contribution in [2.45, 2.75) is 13.0 Å². The van der Waals surface area contributed by atoms with Crippen molar-refractivity contribution in [2.75, 3.05) is 6.54 Å². The van der Waals surface area contributed by atoms with E-state index < -0.39 is 23.7 Å². The summed E-state index contributed by atoms with van der Waals surface area (Å²) in [5, 5.41) is 12.8. The Morgan fingerprint density at radius 1 is 1.44 bits per heavy atom. The van der Waals surface area contributed by atoms with Crippen LogP contribution in [0.3, 0.4) is 0 Å². The summed E-state index contributed by atoms with van der Waals surface area (Å²) in [4.78, 5) is 22.6. The minimum atomic E-state index is -0.889. The summed E-state index contributed by atoms with van der Waals surface area (Å²) in [6, 6.07) is 6.91. The van der Waals surface area contributed by atoms with Crippen molar-refractivity contribution in [3.05, 3.63) is 35.6 Å². The maximum atomic E-state index is 13.0. The van der Waals surface area contributed by atoms with E-state index in [0.29, 0.717) is 5.56 Å². The molecule has 0 aromatic heterocycles. The average Bonchev–Trinajstić information content (AvgIpc) is 2.35. The summed E-state index contributed by atoms with van der Waals surface area (Å²) in [5.41, 5.74) is 0.552. The molecule has 0 spiro atoms. The van der Waals surface area contributed by atoms with Crippen LogP contribution >= 0.6 is 0 Å². The van der Waals surface area contributed by atoms with Gasteiger partial charge < -0.3 is 10.6 Å². The Hall–Kier alpha value is -2.42. The smallest absolute Gasteiger partial charge is 0.310 e. The Morgan fingerprint density at radius 3 is 2.78 bits per heavy atom. The summed E-state index contributed by atoms with van der Waals surface area (Å²) in [5.74, 6) is -2.16. The van der Waals surface area contributed by atoms with Crippen molar-refractivity contribution in [3.63, 3.8) is 0 Å². The molecule has 18 heavy (non-hydrogen) atoms. The number of nitrogens with one attached hydrogen (secondary N) is 2. The van der Waals surface area contributed by atoms with Crippen LogP contribution in [0.1, 0.15) is 18.5 Å². The molecule has 6 heteroatoms. The minimum Gasteiger partial charge on any atom is -0.341 e. The summed E-state index contributed by atoms with van der Waals surface area (Å²) in [7, 11) is 0. The van der Waals surface area contributed by atoms with Crippen LogP contribution in [-0.2, 0) is 9.59 Å². The van der Waals surface area contributed by atoms with Crippen LogP contribution in [0.2, 0.25) is 0 Å². The van der Waals surface area contributed by atoms with Crippen LogP contribution < -0.4 is 10.6 Å². The predicted molar refractivity (Wildman–Crippen MR) is 61.6 cm³/mol. The molecule has 1 atom stereocenters. The first-order valence-corrected chi connectivity index (χ1v) is 5.25. The van der Waals surface area contributed by atoms with E-state index in [1.807, 2.05) is 0 Å². The molecule has 94 valence electrons. The van der Waals surface area contributed by atoms with Gasteiger partial charge in [-0.25, -0.2) is 4.39 Å². The van der Waals surface area contributed by atoms with Gasteiger partial charge in [0.1, 0.15) is 12.4 Å². The van der Waals surface area contributed by atoms with Gasteiger partial charge in [-0.1, -0.05) is 12.1 Å². The standard InChI is InChI=1S/C12H12FN3O2/c1-8(9-3-2-4-10(13)7-9)16-12(18)11(17)15-6-5-14/h2-4,7-8H,6H2,1H3,(H,15,17)(H,16,18). The van der Waals surface area contributed by atoms with Crippen molar-refractivity contribution in [1.29, 1.82) is 5.26 Å². The van der Waals surface area contributed by atoms with Crippen molar-refractivity contribution >= 4 is 11.8 Å². The summed E-state index contributed by atoms with van der Waals surface area (Å²) >= 11 is 0. The second kappa shape index (κ2) is 6.35. The van der Waals surface area contributed by atoms with Gasteiger partial charge in [0.2, 0.25) is 0 Å². The third kappa shape index (κ3) is 3.87. The van der Waals surface area contributed by atoms with Crippen molar-refractivity contribution < 1.29 is 14.0 Å². The number of halogens is 1. The highest BCUT2D eigenvalue weighted by atomic mass is 19.1. The number of nitriles is 1. The first-order valence-electron chi connectivity index (χ1n) is 5.25. The minimum absolute atomic E-state index is 0.236. The second-order valence-corrected chi connectivity index (χ2v) is 3.59. The lowest BCUT2D eigenvalue weighted by molar-refractivity contribution is -0.139. The first-order chi connectivity index (χ1) is 8.54. The van der Waals surface area contributed by atoms with E-state index in [1.54, 1.807) is 19.1 Å². The van der Waals surface area contributed by atoms with Gasteiger partial charge in [0.15, 0.2) is 0 Å². The topological polar surface area (TPSA) is 82.0 Å². The van der Waals surface area contributed by atoms with E-state index in [9.17, 15) is 14.0 Å². The largest absolute Gasteiger partial charge is 0.341 e. The van der Waals surface area contributed by atoms with Gasteiger partial charge in [-0.05, 0) is 24.6 Å². The molecule has 1 aromatic carbocycles. The molecule has 2 amide bonds. The fraction of sp³-hybridized carbons (Fsp3) is 0.250. The molecule has 0 aliphatic carbocycles. The van der Waals surface area contributed by atoms with Crippen LogP contribution in [-0.4, -0.2) is 18.4 Å². The van der Waals surface area contributed by atoms with Crippen LogP contribution in [0.25, 0.3) is 0 Å². The van der Waals surface area contributed by atoms with Crippen LogP contribution in [0.5, 0.6) is 0 Å². The van der Waals surface area contributed by atoms with E-state index >= 15 is 0 Å². The molecule has 0 aliphatic rings. The zero-order chi connectivity index (χ0) is 13.5. The molecular formula is C12H12FN3O2. The molecule has 1 unspecified atom stereocenters. The number of amides is 2. The molecule has 0 heterocycles. The van der Waals surface area contributed by atoms with Gasteiger partial charge in [0.25, 0.3) is 0 Å². The fourth-order valence-corrected chi connectivity index (χ4v) is 1.32. The van der Waals surface area contributed by atoms with E-state index in [4.69, 9.17) is 5.26 Å². The number of hydrogen-bond donors (Lipinski definition) is 2. The molecule has 5 nitrogen and oxygen atoms in total. The molecule has 0 fully saturated rings. The van der Waals surface area contributed by atoms with E-state index in [-0.39, 0.29) is 6.54 Å². The predicted octanol–water partition coefficient (Wildman–Crippen LogP) is 0.643. The van der Waals surface area contributed by atoms with Crippen LogP contribution in [0.4, 0.5) is 4.39 Å². The number of carbonyl (C=O) groups is 2. The molecule has 0 radical (unpaired) electrons. The number of nitrogens with zero attached hydrogens (tertiary/aromatic N) is 1. The van der Waals surface area contributed by atoms with Gasteiger partial charge in [-0.3, -0.25) is 9.59 Å². The third-order valence-electron chi connectivity index (χ3n) is 2.23. The van der Waals surface area contributed by atoms with E-state index in [0.717, 1.165) is 0 Å². The Bertz CT molecular complexity index is 496. The third-order valence-corrected chi connectivity index (χ3v) is 2.23. The molecule has 1 rings (SSSR count). The van der Waals surface area contributed by atoms with Gasteiger partial charge in [0, 0.05) is 0 Å². The van der Waals surface area contributed by atoms with Crippen LogP contribution in [0, 0.1) is 17.1 Å². The quantitative estimate of drug-likeness (QED) is 0.609. The highest BCUT2D eigenvalue weighted by molar-refractivity contribution is 6.35. The fourth-order valence-electron chi connectivity index (χ4n) is 1.32. The summed E-state index contributed by atoms with van der Waals surface area (Å²) < 4.78 is 13.0. The molecule has 0 aliphatic heterocycles. The summed E-state index contributed by atoms with van der Waals surface area (Å²) in [6.45, 7) is 1.39. The van der Waals surface area contributed by atoms with Crippen molar-refractivity contribution in [2.24, 2.45) is 0 Å². The number of rotatable bonds is 3. The molecule has 0 saturated heterocycles. The van der Waals surface area contributed by atoms with E-state index in [2.05, 4.69) is 10.6 Å². The van der Waals surface area contributed by atoms with E-state index in [1.165, 1.54) is 18.2 Å². The Morgan fingerprint density at radius 2 is 2.17 bits per heavy atom. The molecule has 2 N–H and O–H groups in total. The SMILES string of the molecule is CC(NC(=O)C(=O)NCC#N)c1cccc(F)c1. The number of hydrogen-bond acceptors (Lipinski definition) is 3. The maximum absolute atomic E-state index is 13.0. The monoisotopic (exact) mass is 249 g/mol. The van der Waals surface area contributed by atoms with Gasteiger partial charge in [-0.2, -0.15) is 5.26 Å². The Balaban J connectivity index is 2.60. The molecule has 1 aromatic rings. The molecular weight excluding hydrogens is 237 g/mol. The van der Waals surface area contributed by atoms with Crippen LogP contribution in [0.15, 0.2) is 24.3 Å². The normalized spacial score (nSPS) is 11.2. The Labute approximate surface area is 104 Å². The van der Waals surface area contributed by atoms with Gasteiger partial charge in [0.05, 0.1) is 12.1 Å². The zero-order valence-corrected chi connectivity index (χ0v) is 9.74. The van der Waals surface area contributed by atoms with Crippen molar-refractivity contribution in [1.82, 2.24) is 10.6 Å². The maximum Gasteiger partial charge on any atom is 0.310 e. The second-order valence-electron chi connectivity index (χ2n) is 3.59. The van der Waals surface area contributed by atoms with Crippen molar-refractivity contribution in [3.8, 4) is 6.07 Å². The lowest BCUT2D eigenvalue weighted by atomic mass is 10.1. The first kappa shape index (κ1) is 13.6. The highest BCUT2D eigenvalue weighted by Crippen LogP contribution is 2.12. The lowest BCUT2D eigenvalue weighted by Crippen LogP contribution is -2.41. The van der Waals surface area contributed by atoms with Gasteiger partial charge in [-0.15, -0.1) is 0 Å². The van der Waals surface area contributed by atoms with Gasteiger partial charge >= 0.3 is 11.8 Å². The molecule has 0 bridgehead atoms. The number of benzene rings is 1. The highest BCUT2D eigenvalue weighted by Gasteiger charge is 2.16. The molecule has 0 saturated carbocycles.